The van der Waals surface area contributed by atoms with E-state index < -0.39 is 5.91 Å². The van der Waals surface area contributed by atoms with Crippen LogP contribution in [-0.2, 0) is 0 Å². The van der Waals surface area contributed by atoms with E-state index in [1.165, 1.54) is 11.1 Å². The van der Waals surface area contributed by atoms with Gasteiger partial charge in [0.2, 0.25) is 5.91 Å². The Hall–Kier alpha value is -2.62. The average Bonchev–Trinajstić information content (AvgIpc) is 2.90. The van der Waals surface area contributed by atoms with E-state index in [0.29, 0.717) is 5.56 Å². The van der Waals surface area contributed by atoms with Crippen LogP contribution in [0, 0.1) is 6.92 Å². The molecule has 0 fully saturated rings. The zero-order valence-corrected chi connectivity index (χ0v) is 12.1. The number of carbonyl (C=O) groups is 1. The number of aromatic nitrogens is 2. The van der Waals surface area contributed by atoms with Crippen molar-refractivity contribution < 1.29 is 4.79 Å². The van der Waals surface area contributed by atoms with Crippen molar-refractivity contribution in [1.29, 1.82) is 0 Å². The van der Waals surface area contributed by atoms with Gasteiger partial charge in [-0.2, -0.15) is 0 Å². The SMILES string of the molecule is Cc1ccc(C(C)n2cnc3cc(C(N)=O)ccc32)cc1. The highest BCUT2D eigenvalue weighted by atomic mass is 16.1. The van der Waals surface area contributed by atoms with Gasteiger partial charge in [0.15, 0.2) is 0 Å². The molecule has 0 radical (unpaired) electrons. The van der Waals surface area contributed by atoms with Crippen LogP contribution in [0.15, 0.2) is 48.8 Å². The second-order valence-corrected chi connectivity index (χ2v) is 5.31. The molecule has 0 aliphatic rings. The van der Waals surface area contributed by atoms with Crippen molar-refractivity contribution in [3.63, 3.8) is 0 Å². The van der Waals surface area contributed by atoms with Crippen molar-refractivity contribution in [3.8, 4) is 0 Å². The molecule has 3 rings (SSSR count). The summed E-state index contributed by atoms with van der Waals surface area (Å²) in [6.45, 7) is 4.21. The van der Waals surface area contributed by atoms with Crippen LogP contribution in [0.5, 0.6) is 0 Å². The Morgan fingerprint density at radius 2 is 1.90 bits per heavy atom. The third-order valence-corrected chi connectivity index (χ3v) is 3.84. The monoisotopic (exact) mass is 279 g/mol. The van der Waals surface area contributed by atoms with Crippen molar-refractivity contribution in [2.75, 3.05) is 0 Å². The highest BCUT2D eigenvalue weighted by Crippen LogP contribution is 2.24. The lowest BCUT2D eigenvalue weighted by Gasteiger charge is -2.15. The summed E-state index contributed by atoms with van der Waals surface area (Å²) in [4.78, 5) is 15.6. The number of aryl methyl sites for hydroxylation is 1. The topological polar surface area (TPSA) is 60.9 Å². The van der Waals surface area contributed by atoms with Crippen LogP contribution in [0.1, 0.15) is 34.5 Å². The molecule has 21 heavy (non-hydrogen) atoms. The molecule has 106 valence electrons. The van der Waals surface area contributed by atoms with Crippen molar-refractivity contribution in [1.82, 2.24) is 9.55 Å². The van der Waals surface area contributed by atoms with Gasteiger partial charge in [-0.1, -0.05) is 29.8 Å². The molecule has 2 aromatic carbocycles. The average molecular weight is 279 g/mol. The van der Waals surface area contributed by atoms with Crippen LogP contribution in [0.4, 0.5) is 0 Å². The number of rotatable bonds is 3. The third-order valence-electron chi connectivity index (χ3n) is 3.84. The second-order valence-electron chi connectivity index (χ2n) is 5.31. The van der Waals surface area contributed by atoms with Crippen LogP contribution in [0.3, 0.4) is 0 Å². The molecule has 0 saturated heterocycles. The number of primary amides is 1. The largest absolute Gasteiger partial charge is 0.366 e. The number of imidazole rings is 1. The fraction of sp³-hybridized carbons (Fsp3) is 0.176. The van der Waals surface area contributed by atoms with Gasteiger partial charge in [0.25, 0.3) is 0 Å². The number of fused-ring (bicyclic) bond motifs is 1. The third kappa shape index (κ3) is 2.40. The molecule has 0 aliphatic heterocycles. The summed E-state index contributed by atoms with van der Waals surface area (Å²) in [5.74, 6) is -0.432. The summed E-state index contributed by atoms with van der Waals surface area (Å²) < 4.78 is 2.10. The molecule has 0 aliphatic carbocycles. The lowest BCUT2D eigenvalue weighted by atomic mass is 10.1. The first kappa shape index (κ1) is 13.4. The first-order valence-corrected chi connectivity index (χ1v) is 6.89. The molecule has 0 spiro atoms. The summed E-state index contributed by atoms with van der Waals surface area (Å²) in [6, 6.07) is 14.0. The molecule has 1 amide bonds. The summed E-state index contributed by atoms with van der Waals surface area (Å²) in [5, 5.41) is 0. The minimum absolute atomic E-state index is 0.176. The molecule has 0 saturated carbocycles. The molecule has 0 bridgehead atoms. The quantitative estimate of drug-likeness (QED) is 0.801. The van der Waals surface area contributed by atoms with Gasteiger partial charge in [0.1, 0.15) is 0 Å². The summed E-state index contributed by atoms with van der Waals surface area (Å²) in [5.41, 5.74) is 10.0. The smallest absolute Gasteiger partial charge is 0.248 e. The van der Waals surface area contributed by atoms with Crippen LogP contribution in [0.2, 0.25) is 0 Å². The molecule has 1 unspecified atom stereocenters. The van der Waals surface area contributed by atoms with E-state index in [4.69, 9.17) is 5.73 Å². The minimum Gasteiger partial charge on any atom is -0.366 e. The predicted octanol–water partition coefficient (Wildman–Crippen LogP) is 3.05. The van der Waals surface area contributed by atoms with Gasteiger partial charge in [0.05, 0.1) is 23.4 Å². The van der Waals surface area contributed by atoms with Crippen LogP contribution in [0.25, 0.3) is 11.0 Å². The lowest BCUT2D eigenvalue weighted by molar-refractivity contribution is 0.100. The Kier molecular flexibility index (Phi) is 3.22. The molecular weight excluding hydrogens is 262 g/mol. The zero-order chi connectivity index (χ0) is 15.0. The molecule has 3 aromatic rings. The van der Waals surface area contributed by atoms with E-state index >= 15 is 0 Å². The van der Waals surface area contributed by atoms with Gasteiger partial charge >= 0.3 is 0 Å². The van der Waals surface area contributed by atoms with E-state index in [2.05, 4.69) is 47.7 Å². The van der Waals surface area contributed by atoms with E-state index in [1.54, 1.807) is 18.5 Å². The fourth-order valence-corrected chi connectivity index (χ4v) is 2.50. The predicted molar refractivity (Wildman–Crippen MR) is 83.2 cm³/mol. The van der Waals surface area contributed by atoms with Gasteiger partial charge in [-0.3, -0.25) is 4.79 Å². The van der Waals surface area contributed by atoms with Gasteiger partial charge in [-0.05, 0) is 37.6 Å². The first-order chi connectivity index (χ1) is 10.1. The maximum atomic E-state index is 11.2. The van der Waals surface area contributed by atoms with E-state index in [-0.39, 0.29) is 6.04 Å². The summed E-state index contributed by atoms with van der Waals surface area (Å²) >= 11 is 0. The Morgan fingerprint density at radius 1 is 1.19 bits per heavy atom. The maximum Gasteiger partial charge on any atom is 0.248 e. The molecular formula is C17H17N3O. The molecule has 1 atom stereocenters. The number of hydrogen-bond acceptors (Lipinski definition) is 2. The number of nitrogens with zero attached hydrogens (tertiary/aromatic N) is 2. The van der Waals surface area contributed by atoms with Crippen LogP contribution >= 0.6 is 0 Å². The maximum absolute atomic E-state index is 11.2. The van der Waals surface area contributed by atoms with Crippen LogP contribution < -0.4 is 5.73 Å². The Labute approximate surface area is 123 Å². The Morgan fingerprint density at radius 3 is 2.57 bits per heavy atom. The van der Waals surface area contributed by atoms with Gasteiger partial charge in [0, 0.05) is 5.56 Å². The number of benzene rings is 2. The number of hydrogen-bond donors (Lipinski definition) is 1. The normalized spacial score (nSPS) is 12.5. The van der Waals surface area contributed by atoms with Crippen LogP contribution in [-0.4, -0.2) is 15.5 Å². The Balaban J connectivity index is 2.04. The standard InChI is InChI=1S/C17H17N3O/c1-11-3-5-13(6-4-11)12(2)20-10-19-15-9-14(17(18)21)7-8-16(15)20/h3-10,12H,1-2H3,(H2,18,21). The zero-order valence-electron chi connectivity index (χ0n) is 12.1. The summed E-state index contributed by atoms with van der Waals surface area (Å²) in [7, 11) is 0. The summed E-state index contributed by atoms with van der Waals surface area (Å²) in [6.07, 6.45) is 1.81. The molecule has 2 N–H and O–H groups in total. The molecule has 4 heteroatoms. The minimum atomic E-state index is -0.432. The van der Waals surface area contributed by atoms with Gasteiger partial charge < -0.3 is 10.3 Å². The Bertz CT molecular complexity index is 803. The lowest BCUT2D eigenvalue weighted by Crippen LogP contribution is -2.10. The first-order valence-electron chi connectivity index (χ1n) is 6.89. The fourth-order valence-electron chi connectivity index (χ4n) is 2.50. The highest BCUT2D eigenvalue weighted by molar-refractivity contribution is 5.96. The van der Waals surface area contributed by atoms with Gasteiger partial charge in [-0.25, -0.2) is 4.98 Å². The van der Waals surface area contributed by atoms with Crippen molar-refractivity contribution >= 4 is 16.9 Å². The van der Waals surface area contributed by atoms with E-state index in [1.807, 2.05) is 6.07 Å². The second kappa shape index (κ2) is 5.05. The van der Waals surface area contributed by atoms with Gasteiger partial charge in [-0.15, -0.1) is 0 Å². The molecule has 4 nitrogen and oxygen atoms in total. The van der Waals surface area contributed by atoms with Crippen molar-refractivity contribution in [2.45, 2.75) is 19.9 Å². The molecule has 1 aromatic heterocycles. The molecule has 1 heterocycles. The highest BCUT2D eigenvalue weighted by Gasteiger charge is 2.12. The van der Waals surface area contributed by atoms with Crippen molar-refractivity contribution in [3.05, 3.63) is 65.5 Å². The number of nitrogens with two attached hydrogens (primary N) is 1. The number of carbonyl (C=O) groups excluding carboxylic acids is 1. The van der Waals surface area contributed by atoms with Crippen molar-refractivity contribution in [2.24, 2.45) is 5.73 Å². The number of amides is 1. The van der Waals surface area contributed by atoms with E-state index in [0.717, 1.165) is 11.0 Å². The van der Waals surface area contributed by atoms with E-state index in [9.17, 15) is 4.79 Å².